The van der Waals surface area contributed by atoms with Crippen LogP contribution >= 0.6 is 15.9 Å². The van der Waals surface area contributed by atoms with Crippen molar-refractivity contribution in [2.75, 3.05) is 18.0 Å². The average molecular weight is 255 g/mol. The monoisotopic (exact) mass is 254 g/mol. The second-order valence-corrected chi connectivity index (χ2v) is 4.86. The molecule has 0 saturated heterocycles. The van der Waals surface area contributed by atoms with E-state index in [0.29, 0.717) is 0 Å². The van der Waals surface area contributed by atoms with Gasteiger partial charge < -0.3 is 10.6 Å². The van der Waals surface area contributed by atoms with E-state index in [2.05, 4.69) is 46.0 Å². The normalized spacial score (nSPS) is 16.9. The molecule has 1 aromatic carbocycles. The predicted octanol–water partition coefficient (Wildman–Crippen LogP) is 2.16. The van der Waals surface area contributed by atoms with Crippen molar-refractivity contribution in [2.45, 2.75) is 19.4 Å². The van der Waals surface area contributed by atoms with Crippen LogP contribution in [0.15, 0.2) is 22.7 Å². The molecule has 0 radical (unpaired) electrons. The number of rotatable bonds is 2. The van der Waals surface area contributed by atoms with Crippen LogP contribution in [0.4, 0.5) is 5.69 Å². The molecule has 0 fully saturated rings. The summed E-state index contributed by atoms with van der Waals surface area (Å²) in [4.78, 5) is 2.37. The maximum Gasteiger partial charge on any atom is 0.0400 e. The Bertz CT molecular complexity index is 336. The van der Waals surface area contributed by atoms with Gasteiger partial charge in [-0.25, -0.2) is 0 Å². The zero-order valence-corrected chi connectivity index (χ0v) is 9.92. The second-order valence-electron chi connectivity index (χ2n) is 3.95. The number of nitrogens with zero attached hydrogens (tertiary/aromatic N) is 1. The molecular weight excluding hydrogens is 240 g/mol. The maximum atomic E-state index is 5.81. The summed E-state index contributed by atoms with van der Waals surface area (Å²) in [7, 11) is 0. The summed E-state index contributed by atoms with van der Waals surface area (Å²) < 4.78 is 1.17. The lowest BCUT2D eigenvalue weighted by molar-refractivity contribution is 0.693. The van der Waals surface area contributed by atoms with Crippen LogP contribution in [0.5, 0.6) is 0 Å². The fourth-order valence-corrected chi connectivity index (χ4v) is 2.38. The Morgan fingerprint density at radius 3 is 3.07 bits per heavy atom. The molecule has 1 heterocycles. The molecule has 1 aliphatic rings. The van der Waals surface area contributed by atoms with E-state index < -0.39 is 0 Å². The van der Waals surface area contributed by atoms with Crippen molar-refractivity contribution in [3.05, 3.63) is 28.2 Å². The van der Waals surface area contributed by atoms with Crippen molar-refractivity contribution in [3.8, 4) is 0 Å². The van der Waals surface area contributed by atoms with Gasteiger partial charge in [-0.15, -0.1) is 0 Å². The molecule has 14 heavy (non-hydrogen) atoms. The van der Waals surface area contributed by atoms with E-state index >= 15 is 0 Å². The van der Waals surface area contributed by atoms with Gasteiger partial charge in [0.05, 0.1) is 0 Å². The lowest BCUT2D eigenvalue weighted by Crippen LogP contribution is -2.34. The van der Waals surface area contributed by atoms with Crippen LogP contribution in [0.25, 0.3) is 0 Å². The average Bonchev–Trinajstić information content (AvgIpc) is 2.47. The molecule has 1 aromatic rings. The van der Waals surface area contributed by atoms with Crippen molar-refractivity contribution in [2.24, 2.45) is 5.73 Å². The molecule has 0 amide bonds. The van der Waals surface area contributed by atoms with E-state index in [-0.39, 0.29) is 6.04 Å². The maximum absolute atomic E-state index is 5.81. The molecule has 2 nitrogen and oxygen atoms in total. The molecule has 76 valence electrons. The van der Waals surface area contributed by atoms with Crippen LogP contribution in [0, 0.1) is 0 Å². The minimum Gasteiger partial charge on any atom is -0.369 e. The number of anilines is 1. The van der Waals surface area contributed by atoms with E-state index in [1.165, 1.54) is 15.7 Å². The van der Waals surface area contributed by atoms with Crippen LogP contribution in [0.1, 0.15) is 12.5 Å². The third kappa shape index (κ3) is 1.93. The zero-order chi connectivity index (χ0) is 10.1. The van der Waals surface area contributed by atoms with Gasteiger partial charge in [0, 0.05) is 29.3 Å². The summed E-state index contributed by atoms with van der Waals surface area (Å²) in [5, 5.41) is 0. The quantitative estimate of drug-likeness (QED) is 0.877. The first-order valence-electron chi connectivity index (χ1n) is 4.96. The molecule has 0 spiro atoms. The van der Waals surface area contributed by atoms with Gasteiger partial charge in [-0.1, -0.05) is 15.9 Å². The summed E-state index contributed by atoms with van der Waals surface area (Å²) in [6.45, 7) is 4.11. The predicted molar refractivity (Wildman–Crippen MR) is 63.7 cm³/mol. The van der Waals surface area contributed by atoms with Crippen LogP contribution in [0.3, 0.4) is 0 Å². The van der Waals surface area contributed by atoms with E-state index in [1.54, 1.807) is 0 Å². The first-order valence-corrected chi connectivity index (χ1v) is 5.75. The Labute approximate surface area is 93.2 Å². The molecular formula is C11H15BrN2. The van der Waals surface area contributed by atoms with Crippen molar-refractivity contribution >= 4 is 21.6 Å². The van der Waals surface area contributed by atoms with Crippen LogP contribution in [-0.4, -0.2) is 19.1 Å². The Kier molecular flexibility index (Phi) is 2.79. The van der Waals surface area contributed by atoms with Gasteiger partial charge in [-0.2, -0.15) is 0 Å². The van der Waals surface area contributed by atoms with Crippen molar-refractivity contribution in [3.63, 3.8) is 0 Å². The number of benzene rings is 1. The Hall–Kier alpha value is -0.540. The Morgan fingerprint density at radius 1 is 1.57 bits per heavy atom. The first-order chi connectivity index (χ1) is 6.66. The molecule has 0 aliphatic carbocycles. The van der Waals surface area contributed by atoms with Gasteiger partial charge in [0.25, 0.3) is 0 Å². The topological polar surface area (TPSA) is 29.3 Å². The van der Waals surface area contributed by atoms with Gasteiger partial charge in [-0.3, -0.25) is 0 Å². The number of nitrogens with two attached hydrogens (primary N) is 1. The van der Waals surface area contributed by atoms with Crippen LogP contribution < -0.4 is 10.6 Å². The van der Waals surface area contributed by atoms with Gasteiger partial charge in [0.1, 0.15) is 0 Å². The molecule has 1 unspecified atom stereocenters. The largest absolute Gasteiger partial charge is 0.369 e. The third-order valence-electron chi connectivity index (χ3n) is 2.54. The van der Waals surface area contributed by atoms with Crippen molar-refractivity contribution in [1.29, 1.82) is 0 Å². The lowest BCUT2D eigenvalue weighted by atomic mass is 10.2. The fraction of sp³-hybridized carbons (Fsp3) is 0.455. The summed E-state index contributed by atoms with van der Waals surface area (Å²) >= 11 is 3.49. The van der Waals surface area contributed by atoms with E-state index in [9.17, 15) is 0 Å². The molecule has 0 aromatic heterocycles. The Morgan fingerprint density at radius 2 is 2.36 bits per heavy atom. The SMILES string of the molecule is CC(N)CN1CCc2cc(Br)ccc21. The zero-order valence-electron chi connectivity index (χ0n) is 8.33. The highest BCUT2D eigenvalue weighted by Gasteiger charge is 2.19. The highest BCUT2D eigenvalue weighted by atomic mass is 79.9. The molecule has 3 heteroatoms. The smallest absolute Gasteiger partial charge is 0.0400 e. The minimum atomic E-state index is 0.240. The molecule has 0 saturated carbocycles. The molecule has 1 atom stereocenters. The highest BCUT2D eigenvalue weighted by molar-refractivity contribution is 9.10. The summed E-state index contributed by atoms with van der Waals surface area (Å²) in [5.41, 5.74) is 8.59. The number of hydrogen-bond acceptors (Lipinski definition) is 2. The second kappa shape index (κ2) is 3.91. The molecule has 0 bridgehead atoms. The van der Waals surface area contributed by atoms with Gasteiger partial charge in [0.2, 0.25) is 0 Å². The number of halogens is 1. The lowest BCUT2D eigenvalue weighted by Gasteiger charge is -2.21. The van der Waals surface area contributed by atoms with E-state index in [0.717, 1.165) is 19.5 Å². The molecule has 2 N–H and O–H groups in total. The fourth-order valence-electron chi connectivity index (χ4n) is 1.98. The van der Waals surface area contributed by atoms with Crippen LogP contribution in [-0.2, 0) is 6.42 Å². The summed E-state index contributed by atoms with van der Waals surface area (Å²) in [5.74, 6) is 0. The summed E-state index contributed by atoms with van der Waals surface area (Å²) in [6, 6.07) is 6.72. The summed E-state index contributed by atoms with van der Waals surface area (Å²) in [6.07, 6.45) is 1.14. The van der Waals surface area contributed by atoms with Crippen molar-refractivity contribution < 1.29 is 0 Å². The van der Waals surface area contributed by atoms with Gasteiger partial charge >= 0.3 is 0 Å². The van der Waals surface area contributed by atoms with Gasteiger partial charge in [0.15, 0.2) is 0 Å². The standard InChI is InChI=1S/C11H15BrN2/c1-8(13)7-14-5-4-9-6-10(12)2-3-11(9)14/h2-3,6,8H,4-5,7,13H2,1H3. The van der Waals surface area contributed by atoms with Gasteiger partial charge in [-0.05, 0) is 37.1 Å². The first kappa shape index (κ1) is 9.99. The molecule has 2 rings (SSSR count). The van der Waals surface area contributed by atoms with E-state index in [4.69, 9.17) is 5.73 Å². The Balaban J connectivity index is 2.22. The van der Waals surface area contributed by atoms with Crippen LogP contribution in [0.2, 0.25) is 0 Å². The molecule has 1 aliphatic heterocycles. The van der Waals surface area contributed by atoms with E-state index in [1.807, 2.05) is 0 Å². The third-order valence-corrected chi connectivity index (χ3v) is 3.03. The minimum absolute atomic E-state index is 0.240. The number of hydrogen-bond donors (Lipinski definition) is 1. The highest BCUT2D eigenvalue weighted by Crippen LogP contribution is 2.30. The van der Waals surface area contributed by atoms with Crippen molar-refractivity contribution in [1.82, 2.24) is 0 Å². The number of fused-ring (bicyclic) bond motifs is 1.